The molecule has 9 heteroatoms. The first-order valence-electron chi connectivity index (χ1n) is 7.17. The van der Waals surface area contributed by atoms with Gasteiger partial charge in [0.05, 0.1) is 24.6 Å². The second-order valence-electron chi connectivity index (χ2n) is 5.47. The highest BCUT2D eigenvalue weighted by Gasteiger charge is 2.17. The number of hydrogen-bond acceptors (Lipinski definition) is 5. The van der Waals surface area contributed by atoms with E-state index in [-0.39, 0.29) is 30.8 Å². The fourth-order valence-electron chi connectivity index (χ4n) is 1.84. The number of nitrogens with two attached hydrogens (primary N) is 1. The van der Waals surface area contributed by atoms with E-state index in [2.05, 4.69) is 41.5 Å². The van der Waals surface area contributed by atoms with E-state index in [0.29, 0.717) is 11.5 Å². The van der Waals surface area contributed by atoms with Crippen molar-refractivity contribution in [2.24, 2.45) is 11.7 Å². The number of nitrogens with zero attached hydrogens (tertiary/aromatic N) is 2. The van der Waals surface area contributed by atoms with Crippen molar-refractivity contribution in [3.8, 4) is 0 Å². The van der Waals surface area contributed by atoms with Gasteiger partial charge in [-0.25, -0.2) is 9.97 Å². The Bertz CT molecular complexity index is 714. The van der Waals surface area contributed by atoms with E-state index in [4.69, 9.17) is 5.73 Å². The van der Waals surface area contributed by atoms with Crippen molar-refractivity contribution in [3.05, 3.63) is 22.6 Å². The van der Waals surface area contributed by atoms with Gasteiger partial charge in [0, 0.05) is 10.7 Å². The fraction of sp³-hybridized carbons (Fsp3) is 0.429. The summed E-state index contributed by atoms with van der Waals surface area (Å²) in [7, 11) is 0. The lowest BCUT2D eigenvalue weighted by atomic mass is 10.1. The highest BCUT2D eigenvalue weighted by molar-refractivity contribution is 9.10. The van der Waals surface area contributed by atoms with Crippen molar-refractivity contribution in [2.75, 3.05) is 6.54 Å². The molecule has 0 aliphatic heterocycles. The summed E-state index contributed by atoms with van der Waals surface area (Å²) < 4.78 is 0.841. The molecule has 0 radical (unpaired) electrons. The second kappa shape index (κ2) is 7.51. The van der Waals surface area contributed by atoms with Crippen molar-refractivity contribution in [1.29, 1.82) is 0 Å². The van der Waals surface area contributed by atoms with Crippen molar-refractivity contribution >= 4 is 38.9 Å². The lowest BCUT2D eigenvalue weighted by Gasteiger charge is -2.14. The molecule has 0 aliphatic rings. The van der Waals surface area contributed by atoms with Gasteiger partial charge >= 0.3 is 0 Å². The smallest absolute Gasteiger partial charge is 0.239 e. The standard InChI is InChI=1S/C14H19BrN6O2/c1-7(2)12(16)14(23)19-6-11(22)17-5-10-20-9-3-8(15)4-18-13(9)21-10/h3-4,7,12H,5-6,16H2,1-2H3,(H,17,22)(H,19,23)(H,18,20,21)/t12-/m0/s1. The summed E-state index contributed by atoms with van der Waals surface area (Å²) in [5.74, 6) is -0.0542. The number of carbonyl (C=O) groups is 2. The minimum atomic E-state index is -0.623. The predicted molar refractivity (Wildman–Crippen MR) is 89.3 cm³/mol. The third-order valence-corrected chi connectivity index (χ3v) is 3.68. The summed E-state index contributed by atoms with van der Waals surface area (Å²) >= 11 is 3.33. The SMILES string of the molecule is CC(C)[C@H](N)C(=O)NCC(=O)NCc1nc2ncc(Br)cc2[nH]1. The summed E-state index contributed by atoms with van der Waals surface area (Å²) in [5.41, 5.74) is 7.05. The summed E-state index contributed by atoms with van der Waals surface area (Å²) in [6, 6.07) is 1.23. The molecule has 0 saturated heterocycles. The zero-order valence-corrected chi connectivity index (χ0v) is 14.5. The molecule has 8 nitrogen and oxygen atoms in total. The van der Waals surface area contributed by atoms with Crippen LogP contribution in [-0.4, -0.2) is 39.4 Å². The van der Waals surface area contributed by atoms with Crippen molar-refractivity contribution < 1.29 is 9.59 Å². The van der Waals surface area contributed by atoms with Crippen LogP contribution in [-0.2, 0) is 16.1 Å². The molecule has 0 unspecified atom stereocenters. The Morgan fingerprint density at radius 3 is 2.83 bits per heavy atom. The molecule has 23 heavy (non-hydrogen) atoms. The average molecular weight is 383 g/mol. The number of imidazole rings is 1. The quantitative estimate of drug-likeness (QED) is 0.576. The number of hydrogen-bond donors (Lipinski definition) is 4. The van der Waals surface area contributed by atoms with Crippen LogP contribution in [0.1, 0.15) is 19.7 Å². The van der Waals surface area contributed by atoms with Crippen LogP contribution < -0.4 is 16.4 Å². The number of rotatable bonds is 6. The number of aromatic amines is 1. The van der Waals surface area contributed by atoms with Crippen LogP contribution in [0.2, 0.25) is 0 Å². The Hall–Kier alpha value is -2.00. The minimum Gasteiger partial charge on any atom is -0.347 e. The monoisotopic (exact) mass is 382 g/mol. The van der Waals surface area contributed by atoms with Crippen molar-refractivity contribution in [1.82, 2.24) is 25.6 Å². The van der Waals surface area contributed by atoms with Crippen LogP contribution in [0.5, 0.6) is 0 Å². The Morgan fingerprint density at radius 2 is 2.13 bits per heavy atom. The van der Waals surface area contributed by atoms with Crippen LogP contribution in [0.15, 0.2) is 16.7 Å². The van der Waals surface area contributed by atoms with Crippen LogP contribution in [0.25, 0.3) is 11.2 Å². The van der Waals surface area contributed by atoms with Crippen LogP contribution in [0.3, 0.4) is 0 Å². The zero-order valence-electron chi connectivity index (χ0n) is 12.9. The zero-order chi connectivity index (χ0) is 17.0. The topological polar surface area (TPSA) is 126 Å². The molecule has 0 fully saturated rings. The molecule has 5 N–H and O–H groups in total. The van der Waals surface area contributed by atoms with Gasteiger partial charge in [-0.2, -0.15) is 0 Å². The number of amides is 2. The van der Waals surface area contributed by atoms with Crippen molar-refractivity contribution in [3.63, 3.8) is 0 Å². The van der Waals surface area contributed by atoms with Crippen LogP contribution >= 0.6 is 15.9 Å². The molecule has 1 atom stereocenters. The molecular weight excluding hydrogens is 364 g/mol. The maximum Gasteiger partial charge on any atom is 0.239 e. The first kappa shape index (κ1) is 17.4. The largest absolute Gasteiger partial charge is 0.347 e. The molecular formula is C14H19BrN6O2. The van der Waals surface area contributed by atoms with E-state index in [1.54, 1.807) is 6.20 Å². The van der Waals surface area contributed by atoms with Gasteiger partial charge in [-0.1, -0.05) is 13.8 Å². The van der Waals surface area contributed by atoms with E-state index in [9.17, 15) is 9.59 Å². The van der Waals surface area contributed by atoms with Gasteiger partial charge in [-0.15, -0.1) is 0 Å². The lowest BCUT2D eigenvalue weighted by molar-refractivity contribution is -0.127. The van der Waals surface area contributed by atoms with Gasteiger partial charge in [0.25, 0.3) is 0 Å². The van der Waals surface area contributed by atoms with Crippen LogP contribution in [0, 0.1) is 5.92 Å². The maximum atomic E-state index is 11.8. The first-order chi connectivity index (χ1) is 10.9. The Labute approximate surface area is 141 Å². The maximum absolute atomic E-state index is 11.8. The highest BCUT2D eigenvalue weighted by Crippen LogP contribution is 2.14. The first-order valence-corrected chi connectivity index (χ1v) is 7.96. The molecule has 2 aromatic rings. The van der Waals surface area contributed by atoms with Gasteiger partial charge < -0.3 is 21.4 Å². The summed E-state index contributed by atoms with van der Waals surface area (Å²) in [6.45, 7) is 3.79. The fourth-order valence-corrected chi connectivity index (χ4v) is 2.17. The molecule has 0 spiro atoms. The number of halogens is 1. The number of H-pyrrole nitrogens is 1. The molecule has 2 rings (SSSR count). The third kappa shape index (κ3) is 4.73. The minimum absolute atomic E-state index is 0.0143. The van der Waals surface area contributed by atoms with Gasteiger partial charge in [0.1, 0.15) is 5.82 Å². The van der Waals surface area contributed by atoms with E-state index in [1.165, 1.54) is 0 Å². The number of nitrogens with one attached hydrogen (secondary N) is 3. The van der Waals surface area contributed by atoms with E-state index in [0.717, 1.165) is 9.99 Å². The van der Waals surface area contributed by atoms with E-state index < -0.39 is 6.04 Å². The van der Waals surface area contributed by atoms with Gasteiger partial charge in [0.2, 0.25) is 11.8 Å². The molecule has 2 aromatic heterocycles. The summed E-state index contributed by atoms with van der Waals surface area (Å²) in [4.78, 5) is 34.9. The molecule has 0 saturated carbocycles. The molecule has 2 heterocycles. The molecule has 0 bridgehead atoms. The number of pyridine rings is 1. The third-order valence-electron chi connectivity index (χ3n) is 3.25. The van der Waals surface area contributed by atoms with E-state index in [1.807, 2.05) is 19.9 Å². The lowest BCUT2D eigenvalue weighted by Crippen LogP contribution is -2.47. The number of fused-ring (bicyclic) bond motifs is 1. The average Bonchev–Trinajstić information content (AvgIpc) is 2.91. The summed E-state index contributed by atoms with van der Waals surface area (Å²) in [6.07, 6.45) is 1.65. The number of carbonyl (C=O) groups excluding carboxylic acids is 2. The molecule has 0 aromatic carbocycles. The van der Waals surface area contributed by atoms with Crippen LogP contribution in [0.4, 0.5) is 0 Å². The van der Waals surface area contributed by atoms with Gasteiger partial charge in [-0.3, -0.25) is 9.59 Å². The van der Waals surface area contributed by atoms with Gasteiger partial charge in [0.15, 0.2) is 5.65 Å². The summed E-state index contributed by atoms with van der Waals surface area (Å²) in [5, 5.41) is 5.18. The Kier molecular flexibility index (Phi) is 5.67. The van der Waals surface area contributed by atoms with Gasteiger partial charge in [-0.05, 0) is 27.9 Å². The molecule has 124 valence electrons. The molecule has 2 amide bonds. The highest BCUT2D eigenvalue weighted by atomic mass is 79.9. The Morgan fingerprint density at radius 1 is 1.39 bits per heavy atom. The number of aromatic nitrogens is 3. The molecule has 0 aliphatic carbocycles. The van der Waals surface area contributed by atoms with E-state index >= 15 is 0 Å². The predicted octanol–water partition coefficient (Wildman–Crippen LogP) is 0.436. The normalized spacial score (nSPS) is 12.4. The second-order valence-corrected chi connectivity index (χ2v) is 6.39. The van der Waals surface area contributed by atoms with Crippen molar-refractivity contribution in [2.45, 2.75) is 26.4 Å². The Balaban J connectivity index is 1.82.